The van der Waals surface area contributed by atoms with Gasteiger partial charge in [-0.3, -0.25) is 4.79 Å². The molecule has 0 radical (unpaired) electrons. The van der Waals surface area contributed by atoms with Crippen LogP contribution in [-0.2, 0) is 4.79 Å². The minimum absolute atomic E-state index is 0.0285. The van der Waals surface area contributed by atoms with Gasteiger partial charge in [-0.15, -0.1) is 0 Å². The van der Waals surface area contributed by atoms with Gasteiger partial charge in [0.1, 0.15) is 5.75 Å². The second-order valence-corrected chi connectivity index (χ2v) is 4.46. The fourth-order valence-corrected chi connectivity index (χ4v) is 1.51. The zero-order chi connectivity index (χ0) is 13.4. The molecule has 0 atom stereocenters. The molecule has 0 saturated heterocycles. The van der Waals surface area contributed by atoms with Gasteiger partial charge in [-0.05, 0) is 23.6 Å². The molecular weight excluding hydrogens is 228 g/mol. The Morgan fingerprint density at radius 3 is 2.56 bits per heavy atom. The van der Waals surface area contributed by atoms with Crippen LogP contribution in [0.4, 0.5) is 0 Å². The molecule has 4 heteroatoms. The summed E-state index contributed by atoms with van der Waals surface area (Å²) in [4.78, 5) is 11.3. The molecule has 1 rings (SSSR count). The summed E-state index contributed by atoms with van der Waals surface area (Å²) in [7, 11) is 0. The van der Waals surface area contributed by atoms with Crippen molar-refractivity contribution in [2.75, 3.05) is 19.7 Å². The lowest BCUT2D eigenvalue weighted by Gasteiger charge is -2.09. The van der Waals surface area contributed by atoms with Crippen molar-refractivity contribution in [3.8, 4) is 5.75 Å². The molecule has 1 amide bonds. The Bertz CT molecular complexity index is 361. The molecule has 0 saturated carbocycles. The predicted molar refractivity (Wildman–Crippen MR) is 72.7 cm³/mol. The van der Waals surface area contributed by atoms with E-state index in [9.17, 15) is 4.79 Å². The zero-order valence-corrected chi connectivity index (χ0v) is 11.1. The molecule has 0 aliphatic heterocycles. The smallest absolute Gasteiger partial charge is 0.223 e. The first-order chi connectivity index (χ1) is 8.63. The van der Waals surface area contributed by atoms with Crippen LogP contribution in [0.1, 0.15) is 31.7 Å². The normalized spacial score (nSPS) is 10.4. The maximum absolute atomic E-state index is 11.3. The standard InChI is InChI=1S/C14H22N2O2/c1-11(2)12-3-5-13(6-4-12)18-10-7-14(17)16-9-8-15/h3-6,11H,7-10,15H2,1-2H3,(H,16,17). The van der Waals surface area contributed by atoms with Gasteiger partial charge < -0.3 is 15.8 Å². The van der Waals surface area contributed by atoms with E-state index in [2.05, 4.69) is 31.3 Å². The molecule has 0 fully saturated rings. The summed E-state index contributed by atoms with van der Waals surface area (Å²) >= 11 is 0. The van der Waals surface area contributed by atoms with Crippen molar-refractivity contribution in [3.05, 3.63) is 29.8 Å². The SMILES string of the molecule is CC(C)c1ccc(OCCC(=O)NCCN)cc1. The van der Waals surface area contributed by atoms with Crippen LogP contribution < -0.4 is 15.8 Å². The van der Waals surface area contributed by atoms with Gasteiger partial charge in [0, 0.05) is 13.1 Å². The van der Waals surface area contributed by atoms with E-state index in [4.69, 9.17) is 10.5 Å². The topological polar surface area (TPSA) is 64.3 Å². The molecule has 0 unspecified atom stereocenters. The summed E-state index contributed by atoms with van der Waals surface area (Å²) in [6.45, 7) is 5.66. The van der Waals surface area contributed by atoms with Crippen molar-refractivity contribution in [3.63, 3.8) is 0 Å². The molecule has 0 bridgehead atoms. The molecule has 100 valence electrons. The number of hydrogen-bond donors (Lipinski definition) is 2. The van der Waals surface area contributed by atoms with Gasteiger partial charge >= 0.3 is 0 Å². The lowest BCUT2D eigenvalue weighted by atomic mass is 10.0. The number of carbonyl (C=O) groups is 1. The number of ether oxygens (including phenoxy) is 1. The van der Waals surface area contributed by atoms with Gasteiger partial charge in [0.25, 0.3) is 0 Å². The summed E-state index contributed by atoms with van der Waals surface area (Å²) < 4.78 is 5.50. The van der Waals surface area contributed by atoms with E-state index in [0.29, 0.717) is 32.0 Å². The molecule has 0 aromatic heterocycles. The lowest BCUT2D eigenvalue weighted by Crippen LogP contribution is -2.29. The molecular formula is C14H22N2O2. The van der Waals surface area contributed by atoms with Crippen molar-refractivity contribution in [1.29, 1.82) is 0 Å². The van der Waals surface area contributed by atoms with Crippen LogP contribution in [-0.4, -0.2) is 25.6 Å². The van der Waals surface area contributed by atoms with E-state index in [1.807, 2.05) is 12.1 Å². The van der Waals surface area contributed by atoms with Crippen molar-refractivity contribution < 1.29 is 9.53 Å². The van der Waals surface area contributed by atoms with Gasteiger partial charge in [0.2, 0.25) is 5.91 Å². The lowest BCUT2D eigenvalue weighted by molar-refractivity contribution is -0.121. The maximum Gasteiger partial charge on any atom is 0.223 e. The van der Waals surface area contributed by atoms with Crippen molar-refractivity contribution in [2.24, 2.45) is 5.73 Å². The van der Waals surface area contributed by atoms with E-state index in [1.165, 1.54) is 5.56 Å². The Labute approximate surface area is 109 Å². The summed E-state index contributed by atoms with van der Waals surface area (Å²) in [5, 5.41) is 2.70. The van der Waals surface area contributed by atoms with Gasteiger partial charge in [-0.25, -0.2) is 0 Å². The van der Waals surface area contributed by atoms with Gasteiger partial charge in [-0.1, -0.05) is 26.0 Å². The first kappa shape index (κ1) is 14.5. The van der Waals surface area contributed by atoms with Crippen LogP contribution in [0.25, 0.3) is 0 Å². The van der Waals surface area contributed by atoms with E-state index in [1.54, 1.807) is 0 Å². The molecule has 0 aliphatic carbocycles. The summed E-state index contributed by atoms with van der Waals surface area (Å²) in [6, 6.07) is 7.98. The quantitative estimate of drug-likeness (QED) is 0.773. The highest BCUT2D eigenvalue weighted by Gasteiger charge is 2.02. The largest absolute Gasteiger partial charge is 0.493 e. The van der Waals surface area contributed by atoms with Crippen molar-refractivity contribution >= 4 is 5.91 Å². The Balaban J connectivity index is 2.29. The summed E-state index contributed by atoms with van der Waals surface area (Å²) in [5.74, 6) is 1.28. The van der Waals surface area contributed by atoms with E-state index < -0.39 is 0 Å². The first-order valence-electron chi connectivity index (χ1n) is 6.33. The average Bonchev–Trinajstić information content (AvgIpc) is 2.37. The third kappa shape index (κ3) is 5.19. The number of hydrogen-bond acceptors (Lipinski definition) is 3. The summed E-state index contributed by atoms with van der Waals surface area (Å²) in [6.07, 6.45) is 0.353. The van der Waals surface area contributed by atoms with Crippen molar-refractivity contribution in [1.82, 2.24) is 5.32 Å². The van der Waals surface area contributed by atoms with E-state index in [0.717, 1.165) is 5.75 Å². The molecule has 1 aromatic rings. The number of nitrogens with two attached hydrogens (primary N) is 1. The second kappa shape index (κ2) is 7.71. The Morgan fingerprint density at radius 2 is 2.00 bits per heavy atom. The van der Waals surface area contributed by atoms with Crippen LogP contribution in [0.3, 0.4) is 0 Å². The van der Waals surface area contributed by atoms with E-state index >= 15 is 0 Å². The highest BCUT2D eigenvalue weighted by molar-refractivity contribution is 5.75. The molecule has 0 heterocycles. The molecule has 1 aromatic carbocycles. The first-order valence-corrected chi connectivity index (χ1v) is 6.33. The zero-order valence-electron chi connectivity index (χ0n) is 11.1. The fourth-order valence-electron chi connectivity index (χ4n) is 1.51. The predicted octanol–water partition coefficient (Wildman–Crippen LogP) is 1.65. The van der Waals surface area contributed by atoms with Gasteiger partial charge in [0.05, 0.1) is 13.0 Å². The molecule has 3 N–H and O–H groups in total. The molecule has 0 spiro atoms. The summed E-state index contributed by atoms with van der Waals surface area (Å²) in [5.41, 5.74) is 6.57. The van der Waals surface area contributed by atoms with Crippen LogP contribution in [0.2, 0.25) is 0 Å². The molecule has 18 heavy (non-hydrogen) atoms. The highest BCUT2D eigenvalue weighted by atomic mass is 16.5. The number of rotatable bonds is 7. The van der Waals surface area contributed by atoms with Crippen LogP contribution in [0, 0.1) is 0 Å². The number of benzene rings is 1. The third-order valence-electron chi connectivity index (χ3n) is 2.61. The Kier molecular flexibility index (Phi) is 6.22. The highest BCUT2D eigenvalue weighted by Crippen LogP contribution is 2.18. The number of amides is 1. The van der Waals surface area contributed by atoms with Crippen LogP contribution in [0.15, 0.2) is 24.3 Å². The minimum Gasteiger partial charge on any atom is -0.493 e. The average molecular weight is 250 g/mol. The maximum atomic E-state index is 11.3. The van der Waals surface area contributed by atoms with Crippen LogP contribution in [0.5, 0.6) is 5.75 Å². The van der Waals surface area contributed by atoms with Crippen molar-refractivity contribution in [2.45, 2.75) is 26.2 Å². The van der Waals surface area contributed by atoms with E-state index in [-0.39, 0.29) is 5.91 Å². The minimum atomic E-state index is -0.0285. The monoisotopic (exact) mass is 250 g/mol. The Morgan fingerprint density at radius 1 is 1.33 bits per heavy atom. The molecule has 0 aliphatic rings. The fraction of sp³-hybridized carbons (Fsp3) is 0.500. The molecule has 4 nitrogen and oxygen atoms in total. The van der Waals surface area contributed by atoms with Crippen LogP contribution >= 0.6 is 0 Å². The third-order valence-corrected chi connectivity index (χ3v) is 2.61. The van der Waals surface area contributed by atoms with Gasteiger partial charge in [0.15, 0.2) is 0 Å². The Hall–Kier alpha value is -1.55. The van der Waals surface area contributed by atoms with Gasteiger partial charge in [-0.2, -0.15) is 0 Å². The second-order valence-electron chi connectivity index (χ2n) is 4.46. The number of nitrogens with one attached hydrogen (secondary N) is 1. The number of carbonyl (C=O) groups excluding carboxylic acids is 1.